The fraction of sp³-hybridized carbons (Fsp3) is 0.333. The standard InChI is InChI=1S/C12H13BrFN/c1-3-4-5-6-15-12-8-11(14)10(13)7-9(12)2/h7-8,15H,5-6H2,1-2H3. The van der Waals surface area contributed by atoms with Gasteiger partial charge in [-0.25, -0.2) is 4.39 Å². The van der Waals surface area contributed by atoms with Gasteiger partial charge in [-0.15, -0.1) is 11.8 Å². The molecule has 3 heteroatoms. The van der Waals surface area contributed by atoms with Crippen molar-refractivity contribution < 1.29 is 4.39 Å². The Kier molecular flexibility index (Phi) is 4.64. The molecule has 80 valence electrons. The minimum absolute atomic E-state index is 0.246. The molecule has 1 aromatic carbocycles. The third kappa shape index (κ3) is 3.56. The third-order valence-corrected chi connectivity index (χ3v) is 2.62. The van der Waals surface area contributed by atoms with Gasteiger partial charge in [-0.05, 0) is 47.5 Å². The summed E-state index contributed by atoms with van der Waals surface area (Å²) >= 11 is 3.15. The second-order valence-electron chi connectivity index (χ2n) is 3.18. The van der Waals surface area contributed by atoms with Gasteiger partial charge >= 0.3 is 0 Å². The van der Waals surface area contributed by atoms with E-state index in [2.05, 4.69) is 33.1 Å². The van der Waals surface area contributed by atoms with Gasteiger partial charge in [-0.1, -0.05) is 0 Å². The van der Waals surface area contributed by atoms with E-state index in [4.69, 9.17) is 0 Å². The van der Waals surface area contributed by atoms with Gasteiger partial charge in [0.15, 0.2) is 0 Å². The van der Waals surface area contributed by atoms with Crippen molar-refractivity contribution in [2.45, 2.75) is 20.3 Å². The molecule has 1 rings (SSSR count). The summed E-state index contributed by atoms with van der Waals surface area (Å²) in [6, 6.07) is 3.27. The Balaban J connectivity index is 2.67. The van der Waals surface area contributed by atoms with E-state index in [1.54, 1.807) is 6.07 Å². The lowest BCUT2D eigenvalue weighted by atomic mass is 10.2. The van der Waals surface area contributed by atoms with Crippen LogP contribution in [0.4, 0.5) is 10.1 Å². The van der Waals surface area contributed by atoms with Crippen molar-refractivity contribution in [2.24, 2.45) is 0 Å². The summed E-state index contributed by atoms with van der Waals surface area (Å²) in [5.74, 6) is 5.52. The molecule has 0 saturated heterocycles. The predicted octanol–water partition coefficient (Wildman–Crippen LogP) is 3.72. The summed E-state index contributed by atoms with van der Waals surface area (Å²) < 4.78 is 13.7. The number of benzene rings is 1. The fourth-order valence-corrected chi connectivity index (χ4v) is 1.68. The molecule has 1 nitrogen and oxygen atoms in total. The summed E-state index contributed by atoms with van der Waals surface area (Å²) in [5.41, 5.74) is 1.85. The summed E-state index contributed by atoms with van der Waals surface area (Å²) in [5, 5.41) is 3.15. The molecule has 0 amide bonds. The molecule has 0 radical (unpaired) electrons. The SMILES string of the molecule is CC#CCCNc1cc(F)c(Br)cc1C. The molecule has 0 bridgehead atoms. The number of rotatable bonds is 3. The Bertz CT molecular complexity index is 404. The molecule has 0 saturated carbocycles. The monoisotopic (exact) mass is 269 g/mol. The highest BCUT2D eigenvalue weighted by molar-refractivity contribution is 9.10. The van der Waals surface area contributed by atoms with E-state index in [-0.39, 0.29) is 5.82 Å². The van der Waals surface area contributed by atoms with Crippen LogP contribution in [-0.2, 0) is 0 Å². The molecule has 0 heterocycles. The lowest BCUT2D eigenvalue weighted by Gasteiger charge is -2.09. The number of nitrogens with one attached hydrogen (secondary N) is 1. The zero-order valence-corrected chi connectivity index (χ0v) is 10.4. The van der Waals surface area contributed by atoms with Crippen molar-refractivity contribution in [1.82, 2.24) is 0 Å². The Morgan fingerprint density at radius 3 is 2.87 bits per heavy atom. The van der Waals surface area contributed by atoms with Gasteiger partial charge in [0.05, 0.1) is 4.47 Å². The highest BCUT2D eigenvalue weighted by atomic mass is 79.9. The molecule has 0 aliphatic heterocycles. The Labute approximate surface area is 98.2 Å². The molecule has 0 atom stereocenters. The van der Waals surface area contributed by atoms with Gasteiger partial charge in [0.1, 0.15) is 5.82 Å². The van der Waals surface area contributed by atoms with Crippen LogP contribution in [0.1, 0.15) is 18.9 Å². The normalized spacial score (nSPS) is 9.33. The molecule has 0 aromatic heterocycles. The first-order chi connectivity index (χ1) is 7.15. The van der Waals surface area contributed by atoms with Crippen LogP contribution in [0, 0.1) is 24.6 Å². The smallest absolute Gasteiger partial charge is 0.139 e. The minimum Gasteiger partial charge on any atom is -0.384 e. The van der Waals surface area contributed by atoms with Gasteiger partial charge < -0.3 is 5.32 Å². The first-order valence-corrected chi connectivity index (χ1v) is 5.53. The van der Waals surface area contributed by atoms with Crippen LogP contribution in [-0.4, -0.2) is 6.54 Å². The maximum absolute atomic E-state index is 13.2. The average Bonchev–Trinajstić information content (AvgIpc) is 2.20. The van der Waals surface area contributed by atoms with E-state index < -0.39 is 0 Å². The van der Waals surface area contributed by atoms with Crippen LogP contribution >= 0.6 is 15.9 Å². The molecular weight excluding hydrogens is 257 g/mol. The van der Waals surface area contributed by atoms with Crippen molar-refractivity contribution in [3.05, 3.63) is 28.0 Å². The number of hydrogen-bond donors (Lipinski definition) is 1. The van der Waals surface area contributed by atoms with E-state index in [0.717, 1.165) is 24.2 Å². The van der Waals surface area contributed by atoms with Crippen molar-refractivity contribution >= 4 is 21.6 Å². The average molecular weight is 270 g/mol. The van der Waals surface area contributed by atoms with Crippen LogP contribution in [0.15, 0.2) is 16.6 Å². The zero-order chi connectivity index (χ0) is 11.3. The summed E-state index contributed by atoms with van der Waals surface area (Å²) in [4.78, 5) is 0. The third-order valence-electron chi connectivity index (χ3n) is 2.01. The van der Waals surface area contributed by atoms with E-state index in [0.29, 0.717) is 4.47 Å². The molecule has 1 N–H and O–H groups in total. The number of hydrogen-bond acceptors (Lipinski definition) is 1. The lowest BCUT2D eigenvalue weighted by molar-refractivity contribution is 0.621. The molecule has 0 unspecified atom stereocenters. The molecular formula is C12H13BrFN. The Morgan fingerprint density at radius 1 is 1.47 bits per heavy atom. The Morgan fingerprint density at radius 2 is 2.20 bits per heavy atom. The summed E-state index contributed by atoms with van der Waals surface area (Å²) in [6.45, 7) is 4.49. The quantitative estimate of drug-likeness (QED) is 0.652. The van der Waals surface area contributed by atoms with E-state index in [1.165, 1.54) is 6.07 Å². The predicted molar refractivity (Wildman–Crippen MR) is 65.4 cm³/mol. The summed E-state index contributed by atoms with van der Waals surface area (Å²) in [6.07, 6.45) is 0.771. The summed E-state index contributed by atoms with van der Waals surface area (Å²) in [7, 11) is 0. The Hall–Kier alpha value is -1.01. The fourth-order valence-electron chi connectivity index (χ4n) is 1.22. The second kappa shape index (κ2) is 5.77. The van der Waals surface area contributed by atoms with Gasteiger partial charge in [-0.3, -0.25) is 0 Å². The van der Waals surface area contributed by atoms with Crippen molar-refractivity contribution in [1.29, 1.82) is 0 Å². The largest absolute Gasteiger partial charge is 0.384 e. The van der Waals surface area contributed by atoms with Gasteiger partial charge in [0.25, 0.3) is 0 Å². The van der Waals surface area contributed by atoms with Crippen molar-refractivity contribution in [2.75, 3.05) is 11.9 Å². The van der Waals surface area contributed by atoms with E-state index in [1.807, 2.05) is 13.8 Å². The van der Waals surface area contributed by atoms with Crippen molar-refractivity contribution in [3.8, 4) is 11.8 Å². The molecule has 15 heavy (non-hydrogen) atoms. The molecule has 0 aliphatic rings. The van der Waals surface area contributed by atoms with Crippen molar-refractivity contribution in [3.63, 3.8) is 0 Å². The topological polar surface area (TPSA) is 12.0 Å². The number of halogens is 2. The molecule has 1 aromatic rings. The van der Waals surface area contributed by atoms with Crippen LogP contribution in [0.25, 0.3) is 0 Å². The van der Waals surface area contributed by atoms with E-state index >= 15 is 0 Å². The second-order valence-corrected chi connectivity index (χ2v) is 4.04. The van der Waals surface area contributed by atoms with Gasteiger partial charge in [0, 0.05) is 18.7 Å². The highest BCUT2D eigenvalue weighted by Gasteiger charge is 2.03. The first-order valence-electron chi connectivity index (χ1n) is 4.74. The maximum Gasteiger partial charge on any atom is 0.139 e. The maximum atomic E-state index is 13.2. The number of aryl methyl sites for hydroxylation is 1. The van der Waals surface area contributed by atoms with Crippen LogP contribution in [0.3, 0.4) is 0 Å². The highest BCUT2D eigenvalue weighted by Crippen LogP contribution is 2.23. The van der Waals surface area contributed by atoms with E-state index in [9.17, 15) is 4.39 Å². The van der Waals surface area contributed by atoms with Crippen LogP contribution in [0.5, 0.6) is 0 Å². The lowest BCUT2D eigenvalue weighted by Crippen LogP contribution is -2.02. The molecule has 0 fully saturated rings. The molecule has 0 spiro atoms. The van der Waals surface area contributed by atoms with Crippen LogP contribution < -0.4 is 5.32 Å². The molecule has 0 aliphatic carbocycles. The minimum atomic E-state index is -0.246. The zero-order valence-electron chi connectivity index (χ0n) is 8.82. The van der Waals surface area contributed by atoms with Crippen LogP contribution in [0.2, 0.25) is 0 Å². The van der Waals surface area contributed by atoms with Gasteiger partial charge in [0.2, 0.25) is 0 Å². The first kappa shape index (κ1) is 12.1. The van der Waals surface area contributed by atoms with Gasteiger partial charge in [-0.2, -0.15) is 0 Å². The number of anilines is 1.